The normalized spacial score (nSPS) is 23.2. The number of halogens is 1. The minimum absolute atomic E-state index is 0.155. The first-order chi connectivity index (χ1) is 8.45. The molecular formula is C13H22BrN3O. The van der Waals surface area contributed by atoms with Crippen molar-refractivity contribution in [1.29, 1.82) is 0 Å². The monoisotopic (exact) mass is 315 g/mol. The molecule has 102 valence electrons. The van der Waals surface area contributed by atoms with Crippen LogP contribution >= 0.6 is 15.9 Å². The first-order valence-corrected chi connectivity index (χ1v) is 7.13. The molecule has 2 heterocycles. The van der Waals surface area contributed by atoms with Crippen molar-refractivity contribution >= 4 is 15.9 Å². The van der Waals surface area contributed by atoms with Crippen LogP contribution in [0.4, 0.5) is 0 Å². The van der Waals surface area contributed by atoms with Crippen molar-refractivity contribution in [2.24, 2.45) is 5.73 Å². The highest BCUT2D eigenvalue weighted by Gasteiger charge is 2.35. The van der Waals surface area contributed by atoms with E-state index in [2.05, 4.69) is 46.6 Å². The fourth-order valence-corrected chi connectivity index (χ4v) is 2.97. The second-order valence-electron chi connectivity index (χ2n) is 5.59. The van der Waals surface area contributed by atoms with Gasteiger partial charge >= 0.3 is 0 Å². The summed E-state index contributed by atoms with van der Waals surface area (Å²) in [7, 11) is 2.18. The van der Waals surface area contributed by atoms with Crippen molar-refractivity contribution < 1.29 is 4.42 Å². The van der Waals surface area contributed by atoms with Gasteiger partial charge in [0.25, 0.3) is 0 Å². The van der Waals surface area contributed by atoms with E-state index in [0.29, 0.717) is 6.54 Å². The molecule has 0 bridgehead atoms. The van der Waals surface area contributed by atoms with Crippen LogP contribution in [-0.4, -0.2) is 48.6 Å². The Bertz CT molecular complexity index is 405. The number of furan rings is 1. The number of nitrogens with zero attached hydrogens (tertiary/aromatic N) is 2. The number of piperazine rings is 1. The molecule has 0 saturated carbocycles. The maximum absolute atomic E-state index is 5.95. The van der Waals surface area contributed by atoms with Crippen LogP contribution in [0.15, 0.2) is 21.2 Å². The third-order valence-corrected chi connectivity index (χ3v) is 4.61. The molecular weight excluding hydrogens is 294 g/mol. The SMILES string of the molecule is CN1CCN(C(CN)c2occc2Br)CC1(C)C. The van der Waals surface area contributed by atoms with Gasteiger partial charge < -0.3 is 10.2 Å². The summed E-state index contributed by atoms with van der Waals surface area (Å²) in [4.78, 5) is 4.82. The zero-order chi connectivity index (χ0) is 13.3. The van der Waals surface area contributed by atoms with Crippen molar-refractivity contribution in [3.63, 3.8) is 0 Å². The van der Waals surface area contributed by atoms with Crippen LogP contribution < -0.4 is 5.73 Å². The lowest BCUT2D eigenvalue weighted by Gasteiger charge is -2.47. The average molecular weight is 316 g/mol. The summed E-state index contributed by atoms with van der Waals surface area (Å²) in [6.07, 6.45) is 1.71. The van der Waals surface area contributed by atoms with E-state index in [1.165, 1.54) is 0 Å². The number of hydrogen-bond acceptors (Lipinski definition) is 4. The molecule has 1 saturated heterocycles. The molecule has 1 aliphatic heterocycles. The highest BCUT2D eigenvalue weighted by Crippen LogP contribution is 2.31. The molecule has 18 heavy (non-hydrogen) atoms. The van der Waals surface area contributed by atoms with Gasteiger partial charge in [-0.25, -0.2) is 0 Å². The van der Waals surface area contributed by atoms with Gasteiger partial charge in [-0.15, -0.1) is 0 Å². The molecule has 1 atom stereocenters. The van der Waals surface area contributed by atoms with Crippen LogP contribution in [-0.2, 0) is 0 Å². The van der Waals surface area contributed by atoms with Gasteiger partial charge in [-0.1, -0.05) is 0 Å². The quantitative estimate of drug-likeness (QED) is 0.927. The Balaban J connectivity index is 2.17. The highest BCUT2D eigenvalue weighted by atomic mass is 79.9. The minimum Gasteiger partial charge on any atom is -0.466 e. The van der Waals surface area contributed by atoms with Crippen molar-refractivity contribution in [1.82, 2.24) is 9.80 Å². The maximum Gasteiger partial charge on any atom is 0.136 e. The van der Waals surface area contributed by atoms with Gasteiger partial charge in [-0.2, -0.15) is 0 Å². The largest absolute Gasteiger partial charge is 0.466 e. The van der Waals surface area contributed by atoms with Gasteiger partial charge in [-0.3, -0.25) is 9.80 Å². The Kier molecular flexibility index (Phi) is 4.16. The smallest absolute Gasteiger partial charge is 0.136 e. The molecule has 0 spiro atoms. The molecule has 1 fully saturated rings. The van der Waals surface area contributed by atoms with E-state index in [1.807, 2.05) is 6.07 Å². The molecule has 2 rings (SSSR count). The molecule has 1 unspecified atom stereocenters. The van der Waals surface area contributed by atoms with E-state index in [1.54, 1.807) is 6.26 Å². The zero-order valence-corrected chi connectivity index (χ0v) is 12.9. The molecule has 0 aliphatic carbocycles. The molecule has 4 nitrogen and oxygen atoms in total. The summed E-state index contributed by atoms with van der Waals surface area (Å²) in [5.74, 6) is 0.942. The molecule has 5 heteroatoms. The van der Waals surface area contributed by atoms with E-state index in [-0.39, 0.29) is 11.6 Å². The fourth-order valence-electron chi connectivity index (χ4n) is 2.51. The number of hydrogen-bond donors (Lipinski definition) is 1. The Hall–Kier alpha value is -0.360. The van der Waals surface area contributed by atoms with Crippen LogP contribution in [0.2, 0.25) is 0 Å². The van der Waals surface area contributed by atoms with Crippen LogP contribution in [0.25, 0.3) is 0 Å². The lowest BCUT2D eigenvalue weighted by atomic mass is 9.98. The molecule has 0 radical (unpaired) electrons. The standard InChI is InChI=1S/C13H22BrN3O/c1-13(2)9-17(6-5-16(13)3)11(8-15)12-10(14)4-7-18-12/h4,7,11H,5-6,8-9,15H2,1-3H3. The van der Waals surface area contributed by atoms with E-state index in [9.17, 15) is 0 Å². The Labute approximate surface area is 117 Å². The molecule has 0 amide bonds. The van der Waals surface area contributed by atoms with Crippen molar-refractivity contribution in [2.75, 3.05) is 33.2 Å². The summed E-state index contributed by atoms with van der Waals surface area (Å²) in [6, 6.07) is 2.08. The Morgan fingerprint density at radius 2 is 2.22 bits per heavy atom. The summed E-state index contributed by atoms with van der Waals surface area (Å²) in [5, 5.41) is 0. The summed E-state index contributed by atoms with van der Waals surface area (Å²) < 4.78 is 6.59. The van der Waals surface area contributed by atoms with Crippen LogP contribution in [0.3, 0.4) is 0 Å². The lowest BCUT2D eigenvalue weighted by molar-refractivity contribution is 0.0131. The first kappa shape index (κ1) is 14.1. The van der Waals surface area contributed by atoms with Gasteiger partial charge in [0, 0.05) is 31.7 Å². The minimum atomic E-state index is 0.155. The Morgan fingerprint density at radius 3 is 2.72 bits per heavy atom. The van der Waals surface area contributed by atoms with Gasteiger partial charge in [0.1, 0.15) is 5.76 Å². The summed E-state index contributed by atoms with van der Waals surface area (Å²) in [6.45, 7) is 8.19. The molecule has 1 aromatic rings. The van der Waals surface area contributed by atoms with Gasteiger partial charge in [0.2, 0.25) is 0 Å². The second-order valence-corrected chi connectivity index (χ2v) is 6.44. The predicted molar refractivity (Wildman–Crippen MR) is 76.5 cm³/mol. The highest BCUT2D eigenvalue weighted by molar-refractivity contribution is 9.10. The van der Waals surface area contributed by atoms with Crippen molar-refractivity contribution in [3.8, 4) is 0 Å². The van der Waals surface area contributed by atoms with E-state index < -0.39 is 0 Å². The van der Waals surface area contributed by atoms with Crippen LogP contribution in [0.1, 0.15) is 25.6 Å². The summed E-state index contributed by atoms with van der Waals surface area (Å²) in [5.41, 5.74) is 6.12. The van der Waals surface area contributed by atoms with E-state index in [4.69, 9.17) is 10.2 Å². The van der Waals surface area contributed by atoms with Crippen LogP contribution in [0, 0.1) is 0 Å². The third-order valence-electron chi connectivity index (χ3n) is 3.96. The zero-order valence-electron chi connectivity index (χ0n) is 11.3. The maximum atomic E-state index is 5.95. The van der Waals surface area contributed by atoms with Gasteiger partial charge in [0.05, 0.1) is 16.8 Å². The number of nitrogens with two attached hydrogens (primary N) is 1. The third kappa shape index (κ3) is 2.64. The van der Waals surface area contributed by atoms with E-state index >= 15 is 0 Å². The second kappa shape index (κ2) is 5.33. The number of rotatable bonds is 3. The molecule has 1 aliphatic rings. The predicted octanol–water partition coefficient (Wildman–Crippen LogP) is 2.07. The van der Waals surface area contributed by atoms with E-state index in [0.717, 1.165) is 29.9 Å². The molecule has 1 aromatic heterocycles. The molecule has 2 N–H and O–H groups in total. The van der Waals surface area contributed by atoms with Gasteiger partial charge in [0.15, 0.2) is 0 Å². The topological polar surface area (TPSA) is 45.6 Å². The average Bonchev–Trinajstić information content (AvgIpc) is 2.71. The number of likely N-dealkylation sites (N-methyl/N-ethyl adjacent to an activating group) is 1. The lowest BCUT2D eigenvalue weighted by Crippen LogP contribution is -2.58. The van der Waals surface area contributed by atoms with Crippen molar-refractivity contribution in [3.05, 3.63) is 22.6 Å². The summed E-state index contributed by atoms with van der Waals surface area (Å²) >= 11 is 3.53. The van der Waals surface area contributed by atoms with Crippen LogP contribution in [0.5, 0.6) is 0 Å². The van der Waals surface area contributed by atoms with Crippen molar-refractivity contribution in [2.45, 2.75) is 25.4 Å². The fraction of sp³-hybridized carbons (Fsp3) is 0.692. The van der Waals surface area contributed by atoms with Gasteiger partial charge in [-0.05, 0) is 42.9 Å². The first-order valence-electron chi connectivity index (χ1n) is 6.34. The Morgan fingerprint density at radius 1 is 1.50 bits per heavy atom. The molecule has 0 aromatic carbocycles.